The normalized spacial score (nSPS) is 32.7. The van der Waals surface area contributed by atoms with Crippen molar-refractivity contribution in [3.05, 3.63) is 23.5 Å². The number of aliphatic hydroxyl groups is 1. The van der Waals surface area contributed by atoms with Crippen LogP contribution in [0.3, 0.4) is 0 Å². The lowest BCUT2D eigenvalue weighted by atomic mass is 9.95. The zero-order valence-electron chi connectivity index (χ0n) is 10.4. The quantitative estimate of drug-likeness (QED) is 0.872. The van der Waals surface area contributed by atoms with E-state index >= 15 is 0 Å². The molecule has 0 bridgehead atoms. The van der Waals surface area contributed by atoms with E-state index in [1.165, 1.54) is 30.5 Å². The fourth-order valence-electron chi connectivity index (χ4n) is 3.50. The van der Waals surface area contributed by atoms with Crippen molar-refractivity contribution in [2.24, 2.45) is 0 Å². The predicted molar refractivity (Wildman–Crippen MR) is 72.5 cm³/mol. The molecule has 3 heteroatoms. The number of fused-ring (bicyclic) bond motifs is 1. The Kier molecular flexibility index (Phi) is 3.22. The van der Waals surface area contributed by atoms with E-state index in [1.807, 2.05) is 11.8 Å². The summed E-state index contributed by atoms with van der Waals surface area (Å²) < 4.78 is 2.48. The minimum atomic E-state index is -0.214. The average molecular weight is 251 g/mol. The van der Waals surface area contributed by atoms with Gasteiger partial charge in [-0.05, 0) is 44.4 Å². The Labute approximate surface area is 107 Å². The summed E-state index contributed by atoms with van der Waals surface area (Å²) in [7, 11) is 0. The number of thioether (sulfide) groups is 1. The van der Waals surface area contributed by atoms with Crippen LogP contribution in [0.4, 0.5) is 0 Å². The molecule has 1 aromatic heterocycles. The van der Waals surface area contributed by atoms with Crippen molar-refractivity contribution in [1.82, 2.24) is 4.57 Å². The Morgan fingerprint density at radius 3 is 3.00 bits per heavy atom. The van der Waals surface area contributed by atoms with Crippen LogP contribution in [0.25, 0.3) is 0 Å². The van der Waals surface area contributed by atoms with Crippen LogP contribution in [0.5, 0.6) is 0 Å². The molecule has 2 aliphatic rings. The van der Waals surface area contributed by atoms with E-state index in [-0.39, 0.29) is 6.10 Å². The van der Waals surface area contributed by atoms with Gasteiger partial charge in [0.25, 0.3) is 0 Å². The lowest BCUT2D eigenvalue weighted by Gasteiger charge is -2.26. The molecule has 0 aliphatic heterocycles. The molecular weight excluding hydrogens is 230 g/mol. The van der Waals surface area contributed by atoms with E-state index in [1.54, 1.807) is 0 Å². The first kappa shape index (κ1) is 11.7. The molecule has 2 nitrogen and oxygen atoms in total. The highest BCUT2D eigenvalue weighted by Crippen LogP contribution is 2.41. The standard InChI is InChI=1S/C14H21NOS/c1-17-14-7-3-5-12(14)15-9-8-10-11(15)4-2-6-13(10)16/h8-9,12-14,16H,2-7H2,1H3. The molecule has 0 amide bonds. The van der Waals surface area contributed by atoms with Gasteiger partial charge in [-0.15, -0.1) is 0 Å². The molecule has 3 unspecified atom stereocenters. The molecule has 17 heavy (non-hydrogen) atoms. The average Bonchev–Trinajstić information content (AvgIpc) is 2.94. The third-order valence-corrected chi connectivity index (χ3v) is 5.54. The smallest absolute Gasteiger partial charge is 0.0807 e. The van der Waals surface area contributed by atoms with Crippen LogP contribution in [0, 0.1) is 0 Å². The molecule has 1 heterocycles. The van der Waals surface area contributed by atoms with Gasteiger partial charge in [0.15, 0.2) is 0 Å². The van der Waals surface area contributed by atoms with Gasteiger partial charge < -0.3 is 9.67 Å². The highest BCUT2D eigenvalue weighted by atomic mass is 32.2. The topological polar surface area (TPSA) is 25.2 Å². The van der Waals surface area contributed by atoms with E-state index in [9.17, 15) is 5.11 Å². The number of hydrogen-bond acceptors (Lipinski definition) is 2. The van der Waals surface area contributed by atoms with Gasteiger partial charge in [0.05, 0.1) is 6.10 Å². The van der Waals surface area contributed by atoms with E-state index < -0.39 is 0 Å². The summed E-state index contributed by atoms with van der Waals surface area (Å²) in [6.07, 6.45) is 11.5. The summed E-state index contributed by atoms with van der Waals surface area (Å²) in [6, 6.07) is 2.81. The Balaban J connectivity index is 1.93. The molecule has 0 spiro atoms. The van der Waals surface area contributed by atoms with Crippen molar-refractivity contribution in [3.8, 4) is 0 Å². The summed E-state index contributed by atoms with van der Waals surface area (Å²) in [5.74, 6) is 0. The maximum absolute atomic E-state index is 10.0. The number of rotatable bonds is 2. The first-order chi connectivity index (χ1) is 8.31. The maximum atomic E-state index is 10.0. The molecule has 1 N–H and O–H groups in total. The number of nitrogens with zero attached hydrogens (tertiary/aromatic N) is 1. The predicted octanol–water partition coefficient (Wildman–Crippen LogP) is 3.31. The van der Waals surface area contributed by atoms with Gasteiger partial charge in [-0.2, -0.15) is 11.8 Å². The van der Waals surface area contributed by atoms with Gasteiger partial charge >= 0.3 is 0 Å². The Bertz CT molecular complexity index is 401. The van der Waals surface area contributed by atoms with Crippen LogP contribution in [-0.2, 0) is 6.42 Å². The number of aliphatic hydroxyl groups excluding tert-OH is 1. The second-order valence-corrected chi connectivity index (χ2v) is 6.38. The van der Waals surface area contributed by atoms with Crippen molar-refractivity contribution < 1.29 is 5.11 Å². The Morgan fingerprint density at radius 2 is 2.18 bits per heavy atom. The molecule has 0 saturated heterocycles. The fraction of sp³-hybridized carbons (Fsp3) is 0.714. The molecule has 3 rings (SSSR count). The van der Waals surface area contributed by atoms with Crippen LogP contribution in [0.15, 0.2) is 12.3 Å². The van der Waals surface area contributed by atoms with Crippen LogP contribution >= 0.6 is 11.8 Å². The highest BCUT2D eigenvalue weighted by molar-refractivity contribution is 7.99. The molecule has 1 fully saturated rings. The van der Waals surface area contributed by atoms with Gasteiger partial charge in [-0.3, -0.25) is 0 Å². The molecule has 0 radical (unpaired) electrons. The molecule has 2 aliphatic carbocycles. The number of aromatic nitrogens is 1. The lowest BCUT2D eigenvalue weighted by molar-refractivity contribution is 0.155. The first-order valence-electron chi connectivity index (χ1n) is 6.71. The minimum Gasteiger partial charge on any atom is -0.388 e. The SMILES string of the molecule is CSC1CCCC1n1ccc2c1CCCC2O. The monoisotopic (exact) mass is 251 g/mol. The molecule has 1 saturated carbocycles. The Morgan fingerprint density at radius 1 is 1.29 bits per heavy atom. The molecule has 3 atom stereocenters. The second kappa shape index (κ2) is 4.69. The highest BCUT2D eigenvalue weighted by Gasteiger charge is 2.31. The van der Waals surface area contributed by atoms with Crippen LogP contribution in [-0.4, -0.2) is 21.2 Å². The molecular formula is C14H21NOS. The van der Waals surface area contributed by atoms with Crippen LogP contribution < -0.4 is 0 Å². The van der Waals surface area contributed by atoms with E-state index in [0.29, 0.717) is 6.04 Å². The summed E-state index contributed by atoms with van der Waals surface area (Å²) in [5.41, 5.74) is 2.61. The van der Waals surface area contributed by atoms with Crippen LogP contribution in [0.2, 0.25) is 0 Å². The van der Waals surface area contributed by atoms with Crippen molar-refractivity contribution >= 4 is 11.8 Å². The van der Waals surface area contributed by atoms with Crippen molar-refractivity contribution in [2.75, 3.05) is 6.26 Å². The van der Waals surface area contributed by atoms with Gasteiger partial charge in [0.2, 0.25) is 0 Å². The van der Waals surface area contributed by atoms with E-state index in [4.69, 9.17) is 0 Å². The third kappa shape index (κ3) is 1.93. The van der Waals surface area contributed by atoms with Gasteiger partial charge in [-0.25, -0.2) is 0 Å². The van der Waals surface area contributed by atoms with Crippen molar-refractivity contribution in [1.29, 1.82) is 0 Å². The van der Waals surface area contributed by atoms with Crippen molar-refractivity contribution in [2.45, 2.75) is 55.9 Å². The zero-order valence-corrected chi connectivity index (χ0v) is 11.2. The van der Waals surface area contributed by atoms with Gasteiger partial charge in [-0.1, -0.05) is 6.42 Å². The summed E-state index contributed by atoms with van der Waals surface area (Å²) in [4.78, 5) is 0. The number of hydrogen-bond donors (Lipinski definition) is 1. The summed E-state index contributed by atoms with van der Waals surface area (Å²) >= 11 is 2.01. The zero-order chi connectivity index (χ0) is 11.8. The first-order valence-corrected chi connectivity index (χ1v) is 8.00. The summed E-state index contributed by atoms with van der Waals surface area (Å²) in [6.45, 7) is 0. The van der Waals surface area contributed by atoms with Crippen LogP contribution in [0.1, 0.15) is 55.5 Å². The van der Waals surface area contributed by atoms with E-state index in [0.717, 1.165) is 24.5 Å². The molecule has 0 aromatic carbocycles. The minimum absolute atomic E-state index is 0.214. The molecule has 1 aromatic rings. The largest absolute Gasteiger partial charge is 0.388 e. The van der Waals surface area contributed by atoms with E-state index in [2.05, 4.69) is 23.1 Å². The second-order valence-electron chi connectivity index (χ2n) is 5.31. The third-order valence-electron chi connectivity index (χ3n) is 4.39. The maximum Gasteiger partial charge on any atom is 0.0807 e. The summed E-state index contributed by atoms with van der Waals surface area (Å²) in [5, 5.41) is 10.8. The van der Waals surface area contributed by atoms with Crippen molar-refractivity contribution in [3.63, 3.8) is 0 Å². The Hall–Kier alpha value is -0.410. The van der Waals surface area contributed by atoms with Gasteiger partial charge in [0.1, 0.15) is 0 Å². The lowest BCUT2D eigenvalue weighted by Crippen LogP contribution is -2.19. The fourth-order valence-corrected chi connectivity index (χ4v) is 4.49. The van der Waals surface area contributed by atoms with Gasteiger partial charge in [0, 0.05) is 28.7 Å². The molecule has 94 valence electrons.